The summed E-state index contributed by atoms with van der Waals surface area (Å²) >= 11 is 0. The maximum absolute atomic E-state index is 9.12. The Hall–Kier alpha value is -2.64. The monoisotopic (exact) mass is 372 g/mol. The van der Waals surface area contributed by atoms with Crippen LogP contribution in [0.4, 0.5) is 0 Å². The van der Waals surface area contributed by atoms with Gasteiger partial charge in [-0.25, -0.2) is 0 Å². The molecule has 0 aliphatic carbocycles. The molecule has 2 aromatic heterocycles. The fraction of sp³-hybridized carbons (Fsp3) is 0.417. The second-order valence-electron chi connectivity index (χ2n) is 7.97. The van der Waals surface area contributed by atoms with E-state index in [4.69, 9.17) is 10.2 Å². The number of fused-ring (bicyclic) bond motifs is 1. The SMILES string of the molecule is Cc1cc2c(nc1C)c(CCN1CCCCC1)c(C)n2-c1ccc(C#N)cc1. The van der Waals surface area contributed by atoms with Gasteiger partial charge in [0.15, 0.2) is 0 Å². The smallest absolute Gasteiger partial charge is 0.0991 e. The molecule has 1 fully saturated rings. The van der Waals surface area contributed by atoms with Crippen LogP contribution in [0.1, 0.15) is 47.3 Å². The zero-order chi connectivity index (χ0) is 19.7. The molecule has 1 aliphatic heterocycles. The van der Waals surface area contributed by atoms with Crippen molar-refractivity contribution in [1.82, 2.24) is 14.5 Å². The first-order valence-corrected chi connectivity index (χ1v) is 10.3. The Bertz CT molecular complexity index is 1030. The van der Waals surface area contributed by atoms with E-state index < -0.39 is 0 Å². The summed E-state index contributed by atoms with van der Waals surface area (Å²) in [5.41, 5.74) is 9.00. The highest BCUT2D eigenvalue weighted by molar-refractivity contribution is 5.84. The van der Waals surface area contributed by atoms with E-state index in [2.05, 4.69) is 42.4 Å². The van der Waals surface area contributed by atoms with E-state index in [1.807, 2.05) is 24.3 Å². The number of nitriles is 1. The molecule has 0 atom stereocenters. The lowest BCUT2D eigenvalue weighted by Crippen LogP contribution is -2.31. The first-order valence-electron chi connectivity index (χ1n) is 10.3. The van der Waals surface area contributed by atoms with E-state index in [-0.39, 0.29) is 0 Å². The number of rotatable bonds is 4. The first-order chi connectivity index (χ1) is 13.6. The lowest BCUT2D eigenvalue weighted by atomic mass is 10.1. The minimum Gasteiger partial charge on any atom is -0.312 e. The Balaban J connectivity index is 1.79. The predicted octanol–water partition coefficient (Wildman–Crippen LogP) is 4.85. The molecule has 0 radical (unpaired) electrons. The number of piperidine rings is 1. The highest BCUT2D eigenvalue weighted by atomic mass is 15.1. The molecule has 0 unspecified atom stereocenters. The number of nitrogens with zero attached hydrogens (tertiary/aromatic N) is 4. The number of hydrogen-bond acceptors (Lipinski definition) is 3. The third-order valence-corrected chi connectivity index (χ3v) is 6.13. The topological polar surface area (TPSA) is 44.9 Å². The van der Waals surface area contributed by atoms with E-state index in [9.17, 15) is 0 Å². The van der Waals surface area contributed by atoms with Gasteiger partial charge < -0.3 is 9.47 Å². The summed E-state index contributed by atoms with van der Waals surface area (Å²) in [6, 6.07) is 12.3. The summed E-state index contributed by atoms with van der Waals surface area (Å²) in [4.78, 5) is 7.58. The maximum Gasteiger partial charge on any atom is 0.0991 e. The summed E-state index contributed by atoms with van der Waals surface area (Å²) in [5, 5.41) is 9.12. The number of aryl methyl sites for hydroxylation is 2. The second kappa shape index (κ2) is 7.77. The number of benzene rings is 1. The standard InChI is InChI=1S/C24H28N4/c1-17-15-23-24(26-18(17)2)22(11-14-27-12-5-4-6-13-27)19(3)28(23)21-9-7-20(16-25)8-10-21/h7-10,15H,4-6,11-14H2,1-3H3. The molecule has 1 aromatic carbocycles. The average Bonchev–Trinajstić information content (AvgIpc) is 2.98. The van der Waals surface area contributed by atoms with Gasteiger partial charge in [-0.15, -0.1) is 0 Å². The highest BCUT2D eigenvalue weighted by Crippen LogP contribution is 2.30. The van der Waals surface area contributed by atoms with Crippen LogP contribution in [0.25, 0.3) is 16.7 Å². The number of pyridine rings is 1. The fourth-order valence-electron chi connectivity index (χ4n) is 4.34. The van der Waals surface area contributed by atoms with Gasteiger partial charge in [-0.2, -0.15) is 5.26 Å². The van der Waals surface area contributed by atoms with Crippen LogP contribution in [0.3, 0.4) is 0 Å². The molecule has 0 amide bonds. The number of likely N-dealkylation sites (tertiary alicyclic amines) is 1. The quantitative estimate of drug-likeness (QED) is 0.657. The Labute approximate surface area is 167 Å². The van der Waals surface area contributed by atoms with Crippen LogP contribution in [-0.4, -0.2) is 34.1 Å². The fourth-order valence-corrected chi connectivity index (χ4v) is 4.34. The largest absolute Gasteiger partial charge is 0.312 e. The molecular weight excluding hydrogens is 344 g/mol. The van der Waals surface area contributed by atoms with Crippen LogP contribution in [0.2, 0.25) is 0 Å². The summed E-state index contributed by atoms with van der Waals surface area (Å²) < 4.78 is 2.31. The molecule has 28 heavy (non-hydrogen) atoms. The summed E-state index contributed by atoms with van der Waals surface area (Å²) in [6.07, 6.45) is 5.04. The molecule has 1 aliphatic rings. The molecular formula is C24H28N4. The van der Waals surface area contributed by atoms with Crippen molar-refractivity contribution >= 4 is 11.0 Å². The molecule has 0 bridgehead atoms. The second-order valence-corrected chi connectivity index (χ2v) is 7.97. The van der Waals surface area contributed by atoms with E-state index in [0.717, 1.165) is 29.9 Å². The Morgan fingerprint density at radius 1 is 1.04 bits per heavy atom. The van der Waals surface area contributed by atoms with Gasteiger partial charge in [0.2, 0.25) is 0 Å². The molecule has 0 spiro atoms. The van der Waals surface area contributed by atoms with Crippen molar-refractivity contribution in [3.63, 3.8) is 0 Å². The minimum absolute atomic E-state index is 0.688. The summed E-state index contributed by atoms with van der Waals surface area (Å²) in [6.45, 7) is 9.97. The van der Waals surface area contributed by atoms with Crippen molar-refractivity contribution < 1.29 is 0 Å². The lowest BCUT2D eigenvalue weighted by molar-refractivity contribution is 0.231. The van der Waals surface area contributed by atoms with Crippen molar-refractivity contribution in [1.29, 1.82) is 5.26 Å². The van der Waals surface area contributed by atoms with Crippen molar-refractivity contribution in [3.8, 4) is 11.8 Å². The molecule has 144 valence electrons. The Morgan fingerprint density at radius 3 is 2.43 bits per heavy atom. The van der Waals surface area contributed by atoms with Crippen LogP contribution >= 0.6 is 0 Å². The summed E-state index contributed by atoms with van der Waals surface area (Å²) in [7, 11) is 0. The van der Waals surface area contributed by atoms with E-state index in [1.165, 1.54) is 54.7 Å². The zero-order valence-electron chi connectivity index (χ0n) is 17.1. The molecule has 3 aromatic rings. The van der Waals surface area contributed by atoms with Crippen LogP contribution in [0.5, 0.6) is 0 Å². The minimum atomic E-state index is 0.688. The van der Waals surface area contributed by atoms with Gasteiger partial charge in [0, 0.05) is 29.2 Å². The lowest BCUT2D eigenvalue weighted by Gasteiger charge is -2.26. The van der Waals surface area contributed by atoms with Crippen LogP contribution in [-0.2, 0) is 6.42 Å². The number of aromatic nitrogens is 2. The van der Waals surface area contributed by atoms with Crippen molar-refractivity contribution in [2.45, 2.75) is 46.5 Å². The normalized spacial score (nSPS) is 15.1. The molecule has 4 rings (SSSR count). The van der Waals surface area contributed by atoms with Gasteiger partial charge >= 0.3 is 0 Å². The Morgan fingerprint density at radius 2 is 1.75 bits per heavy atom. The van der Waals surface area contributed by atoms with Crippen LogP contribution in [0, 0.1) is 32.1 Å². The Kier molecular flexibility index (Phi) is 5.19. The third kappa shape index (κ3) is 3.43. The zero-order valence-corrected chi connectivity index (χ0v) is 17.1. The molecule has 3 heterocycles. The van der Waals surface area contributed by atoms with Gasteiger partial charge in [-0.05, 0) is 89.0 Å². The van der Waals surface area contributed by atoms with E-state index in [1.54, 1.807) is 0 Å². The predicted molar refractivity (Wildman–Crippen MR) is 114 cm³/mol. The molecule has 4 nitrogen and oxygen atoms in total. The van der Waals surface area contributed by atoms with Gasteiger partial charge in [-0.1, -0.05) is 6.42 Å². The van der Waals surface area contributed by atoms with Gasteiger partial charge in [-0.3, -0.25) is 4.98 Å². The van der Waals surface area contributed by atoms with E-state index >= 15 is 0 Å². The highest BCUT2D eigenvalue weighted by Gasteiger charge is 2.19. The van der Waals surface area contributed by atoms with Gasteiger partial charge in [0.05, 0.1) is 22.7 Å². The van der Waals surface area contributed by atoms with Crippen molar-refractivity contribution in [2.24, 2.45) is 0 Å². The van der Waals surface area contributed by atoms with Crippen LogP contribution < -0.4 is 0 Å². The average molecular weight is 373 g/mol. The maximum atomic E-state index is 9.12. The van der Waals surface area contributed by atoms with Crippen molar-refractivity contribution in [2.75, 3.05) is 19.6 Å². The van der Waals surface area contributed by atoms with E-state index in [0.29, 0.717) is 5.56 Å². The van der Waals surface area contributed by atoms with Crippen LogP contribution in [0.15, 0.2) is 30.3 Å². The van der Waals surface area contributed by atoms with Crippen molar-refractivity contribution in [3.05, 3.63) is 58.4 Å². The first kappa shape index (κ1) is 18.7. The molecule has 1 saturated heterocycles. The summed E-state index contributed by atoms with van der Waals surface area (Å²) in [5.74, 6) is 0. The molecule has 0 N–H and O–H groups in total. The van der Waals surface area contributed by atoms with Gasteiger partial charge in [0.25, 0.3) is 0 Å². The molecule has 0 saturated carbocycles. The molecule has 4 heteroatoms. The van der Waals surface area contributed by atoms with Gasteiger partial charge in [0.1, 0.15) is 0 Å². The third-order valence-electron chi connectivity index (χ3n) is 6.13. The number of hydrogen-bond donors (Lipinski definition) is 0.